The predicted molar refractivity (Wildman–Crippen MR) is 117 cm³/mol. The summed E-state index contributed by atoms with van der Waals surface area (Å²) in [6.07, 6.45) is 0.118. The third-order valence-electron chi connectivity index (χ3n) is 5.27. The van der Waals surface area contributed by atoms with Gasteiger partial charge in [0.05, 0.1) is 11.6 Å². The highest BCUT2D eigenvalue weighted by Crippen LogP contribution is 2.29. The molecule has 0 aromatic carbocycles. The van der Waals surface area contributed by atoms with Gasteiger partial charge < -0.3 is 20.1 Å². The van der Waals surface area contributed by atoms with Gasteiger partial charge in [-0.15, -0.1) is 0 Å². The monoisotopic (exact) mass is 483 g/mol. The number of amides is 2. The molecule has 176 valence electrons. The Morgan fingerprint density at radius 1 is 1.33 bits per heavy atom. The zero-order valence-corrected chi connectivity index (χ0v) is 18.1. The lowest BCUT2D eigenvalue weighted by molar-refractivity contribution is -0.140. The summed E-state index contributed by atoms with van der Waals surface area (Å²) in [5, 5.41) is 3.04. The number of carbonyl (C=O) groups is 2. The molecule has 9 nitrogen and oxygen atoms in total. The first-order chi connectivity index (χ1) is 15.6. The van der Waals surface area contributed by atoms with Crippen LogP contribution in [0.15, 0.2) is 30.7 Å². The van der Waals surface area contributed by atoms with Crippen molar-refractivity contribution >= 4 is 40.3 Å². The van der Waals surface area contributed by atoms with Gasteiger partial charge in [-0.3, -0.25) is 9.59 Å². The molecule has 3 aromatic heterocycles. The van der Waals surface area contributed by atoms with Gasteiger partial charge in [-0.2, -0.15) is 13.2 Å². The average Bonchev–Trinajstić information content (AvgIpc) is 3.19. The van der Waals surface area contributed by atoms with E-state index in [9.17, 15) is 22.8 Å². The maximum atomic E-state index is 12.7. The number of fused-ring (bicyclic) bond motifs is 1. The van der Waals surface area contributed by atoms with Crippen molar-refractivity contribution in [3.8, 4) is 11.4 Å². The van der Waals surface area contributed by atoms with Crippen molar-refractivity contribution in [2.75, 3.05) is 31.1 Å². The van der Waals surface area contributed by atoms with E-state index in [0.29, 0.717) is 39.8 Å². The van der Waals surface area contributed by atoms with Crippen LogP contribution in [0, 0.1) is 0 Å². The number of nitrogens with one attached hydrogen (secondary N) is 2. The fourth-order valence-corrected chi connectivity index (χ4v) is 3.83. The zero-order valence-electron chi connectivity index (χ0n) is 17.4. The van der Waals surface area contributed by atoms with Gasteiger partial charge in [0.15, 0.2) is 5.82 Å². The smallest absolute Gasteiger partial charge is 0.345 e. The van der Waals surface area contributed by atoms with Crippen molar-refractivity contribution in [2.24, 2.45) is 0 Å². The molecule has 1 fully saturated rings. The molecule has 0 saturated carbocycles. The summed E-state index contributed by atoms with van der Waals surface area (Å²) in [5.74, 6) is -0.442. The molecule has 1 saturated heterocycles. The van der Waals surface area contributed by atoms with Gasteiger partial charge in [0.25, 0.3) is 0 Å². The normalized spacial score (nSPS) is 16.8. The number of hydrogen-bond donors (Lipinski definition) is 2. The Kier molecular flexibility index (Phi) is 6.11. The fourth-order valence-electron chi connectivity index (χ4n) is 3.67. The van der Waals surface area contributed by atoms with Gasteiger partial charge in [-0.1, -0.05) is 11.6 Å². The van der Waals surface area contributed by atoms with Crippen LogP contribution in [0.3, 0.4) is 0 Å². The molecule has 4 rings (SSSR count). The first-order valence-electron chi connectivity index (χ1n) is 9.95. The van der Waals surface area contributed by atoms with Gasteiger partial charge >= 0.3 is 6.18 Å². The third-order valence-corrected chi connectivity index (χ3v) is 5.47. The second-order valence-corrected chi connectivity index (χ2v) is 7.93. The van der Waals surface area contributed by atoms with Gasteiger partial charge in [0.1, 0.15) is 24.1 Å². The van der Waals surface area contributed by atoms with Crippen molar-refractivity contribution in [3.05, 3.63) is 35.7 Å². The summed E-state index contributed by atoms with van der Waals surface area (Å²) in [6.45, 7) is 0.324. The Hall–Kier alpha value is -3.41. The van der Waals surface area contributed by atoms with E-state index in [1.54, 1.807) is 23.2 Å². The van der Waals surface area contributed by atoms with Crippen LogP contribution in [0.1, 0.15) is 8.35 Å². The molecule has 33 heavy (non-hydrogen) atoms. The first-order valence-corrected chi connectivity index (χ1v) is 10.3. The highest BCUT2D eigenvalue weighted by atomic mass is 35.5. The predicted octanol–water partition coefficient (Wildman–Crippen LogP) is 2.63. The number of hydrogen-bond acceptors (Lipinski definition) is 6. The minimum Gasteiger partial charge on any atom is -0.345 e. The maximum Gasteiger partial charge on any atom is 0.405 e. The summed E-state index contributed by atoms with van der Waals surface area (Å²) >= 11 is 6.06. The average molecular weight is 484 g/mol. The highest BCUT2D eigenvalue weighted by Gasteiger charge is 2.36. The molecule has 0 radical (unpaired) electrons. The van der Waals surface area contributed by atoms with Crippen LogP contribution < -0.4 is 10.2 Å². The fraction of sp³-hybridized carbons (Fsp3) is 0.350. The molecule has 1 aliphatic heterocycles. The van der Waals surface area contributed by atoms with Crippen molar-refractivity contribution in [1.82, 2.24) is 30.2 Å². The summed E-state index contributed by atoms with van der Waals surface area (Å²) in [4.78, 5) is 43.6. The molecule has 4 heterocycles. The van der Waals surface area contributed by atoms with Crippen molar-refractivity contribution in [1.29, 1.82) is 0 Å². The standard InChI is InChI=1S/C20H19ClF3N7O2.H2/c1-11(32)30-4-5-31(15(9-30)19(33)28-10-20(22,23)24)16-2-3-25-18(29-16)14-8-27-17-13(14)6-12(21)7-26-17;/h2-3,6-8,15H,4-5,9-10H2,1H3,(H,26,27)(H,28,33);1H/t15-;/m1./s1. The van der Waals surface area contributed by atoms with Crippen LogP contribution in [0.5, 0.6) is 0 Å². The van der Waals surface area contributed by atoms with Crippen molar-refractivity contribution < 1.29 is 24.2 Å². The maximum absolute atomic E-state index is 12.7. The summed E-state index contributed by atoms with van der Waals surface area (Å²) in [6, 6.07) is 2.23. The lowest BCUT2D eigenvalue weighted by atomic mass is 10.1. The lowest BCUT2D eigenvalue weighted by Gasteiger charge is -2.40. The van der Waals surface area contributed by atoms with Crippen LogP contribution in [-0.4, -0.2) is 75.0 Å². The number of H-pyrrole nitrogens is 1. The number of carbonyl (C=O) groups excluding carboxylic acids is 2. The second kappa shape index (κ2) is 8.85. The van der Waals surface area contributed by atoms with Crippen LogP contribution in [-0.2, 0) is 9.59 Å². The van der Waals surface area contributed by atoms with Crippen molar-refractivity contribution in [2.45, 2.75) is 19.1 Å². The summed E-state index contributed by atoms with van der Waals surface area (Å²) in [5.41, 5.74) is 1.21. The van der Waals surface area contributed by atoms with E-state index in [0.717, 1.165) is 0 Å². The molecule has 0 aliphatic carbocycles. The molecule has 13 heteroatoms. The van der Waals surface area contributed by atoms with Crippen molar-refractivity contribution in [3.63, 3.8) is 0 Å². The topological polar surface area (TPSA) is 107 Å². The Bertz CT molecular complexity index is 1210. The van der Waals surface area contributed by atoms with E-state index in [1.807, 2.05) is 5.32 Å². The van der Waals surface area contributed by atoms with E-state index in [-0.39, 0.29) is 20.4 Å². The highest BCUT2D eigenvalue weighted by molar-refractivity contribution is 6.31. The van der Waals surface area contributed by atoms with Crippen LogP contribution in [0.4, 0.5) is 19.0 Å². The Morgan fingerprint density at radius 2 is 2.12 bits per heavy atom. The minimum absolute atomic E-state index is 0. The number of nitrogens with zero attached hydrogens (tertiary/aromatic N) is 5. The Labute approximate surface area is 192 Å². The Balaban J connectivity index is 0.00000324. The molecular weight excluding hydrogens is 463 g/mol. The number of aromatic nitrogens is 4. The summed E-state index contributed by atoms with van der Waals surface area (Å²) < 4.78 is 37.9. The third kappa shape index (κ3) is 5.00. The van der Waals surface area contributed by atoms with E-state index < -0.39 is 24.7 Å². The molecule has 2 amide bonds. The van der Waals surface area contributed by atoms with E-state index in [4.69, 9.17) is 11.6 Å². The molecule has 0 spiro atoms. The summed E-state index contributed by atoms with van der Waals surface area (Å²) in [7, 11) is 0. The minimum atomic E-state index is -4.55. The van der Waals surface area contributed by atoms with E-state index >= 15 is 0 Å². The number of alkyl halides is 3. The largest absolute Gasteiger partial charge is 0.405 e. The first kappa shape index (κ1) is 22.8. The molecule has 1 aliphatic rings. The quantitative estimate of drug-likeness (QED) is 0.591. The molecule has 0 unspecified atom stereocenters. The van der Waals surface area contributed by atoms with Gasteiger partial charge in [0, 0.05) is 51.0 Å². The molecule has 0 bridgehead atoms. The number of pyridine rings is 1. The number of rotatable bonds is 4. The Morgan fingerprint density at radius 3 is 2.85 bits per heavy atom. The lowest BCUT2D eigenvalue weighted by Crippen LogP contribution is -2.60. The van der Waals surface area contributed by atoms with Gasteiger partial charge in [-0.05, 0) is 12.1 Å². The SMILES string of the molecule is CC(=O)N1CCN(c2ccnc(-c3c[nH]c4ncc(Cl)cc34)n2)[C@@H](C(=O)NCC(F)(F)F)C1.[HH]. The van der Waals surface area contributed by atoms with E-state index in [2.05, 4.69) is 19.9 Å². The van der Waals surface area contributed by atoms with Crippen LogP contribution in [0.2, 0.25) is 5.02 Å². The number of aromatic amines is 1. The molecule has 2 N–H and O–H groups in total. The van der Waals surface area contributed by atoms with Crippen LogP contribution >= 0.6 is 11.6 Å². The van der Waals surface area contributed by atoms with Gasteiger partial charge in [-0.25, -0.2) is 15.0 Å². The van der Waals surface area contributed by atoms with E-state index in [1.165, 1.54) is 24.2 Å². The molecular formula is C20H21ClF3N7O2. The van der Waals surface area contributed by atoms with Crippen LogP contribution in [0.25, 0.3) is 22.4 Å². The second-order valence-electron chi connectivity index (χ2n) is 7.50. The van der Waals surface area contributed by atoms with Gasteiger partial charge in [0.2, 0.25) is 11.8 Å². The number of piperazine rings is 1. The number of anilines is 1. The zero-order chi connectivity index (χ0) is 23.8. The molecule has 1 atom stereocenters. The molecule has 3 aromatic rings. The number of halogens is 4.